The second-order valence-electron chi connectivity index (χ2n) is 11.8. The van der Waals surface area contributed by atoms with Crippen LogP contribution in [0.2, 0.25) is 0 Å². The lowest BCUT2D eigenvalue weighted by Gasteiger charge is -2.27. The Morgan fingerprint density at radius 1 is 0.244 bits per heavy atom. The van der Waals surface area contributed by atoms with Gasteiger partial charge in [-0.15, -0.1) is 0 Å². The van der Waals surface area contributed by atoms with Gasteiger partial charge in [0.05, 0.1) is 0 Å². The predicted molar refractivity (Wildman–Crippen MR) is 194 cm³/mol. The molecule has 0 saturated carbocycles. The summed E-state index contributed by atoms with van der Waals surface area (Å²) in [5.41, 5.74) is 5.83. The molecule has 1 nitrogen and oxygen atoms in total. The zero-order chi connectivity index (χ0) is 29.7. The van der Waals surface area contributed by atoms with Gasteiger partial charge in [0.2, 0.25) is 0 Å². The Labute approximate surface area is 262 Å². The second kappa shape index (κ2) is 10.4. The van der Waals surface area contributed by atoms with Crippen LogP contribution in [0.15, 0.2) is 176 Å². The van der Waals surface area contributed by atoms with Crippen molar-refractivity contribution >= 4 is 70.9 Å². The minimum atomic E-state index is 1.12. The molecule has 0 saturated heterocycles. The summed E-state index contributed by atoms with van der Waals surface area (Å²) in [5, 5.41) is 12.6. The van der Waals surface area contributed by atoms with Crippen LogP contribution in [0.5, 0.6) is 0 Å². The lowest BCUT2D eigenvalue weighted by atomic mass is 9.99. The molecule has 0 fully saturated rings. The maximum atomic E-state index is 2.40. The molecule has 0 aliphatic rings. The molecule has 0 N–H and O–H groups in total. The van der Waals surface area contributed by atoms with E-state index in [2.05, 4.69) is 181 Å². The van der Waals surface area contributed by atoms with Gasteiger partial charge in [-0.2, -0.15) is 0 Å². The Morgan fingerprint density at radius 3 is 1.22 bits per heavy atom. The first-order valence-electron chi connectivity index (χ1n) is 15.5. The van der Waals surface area contributed by atoms with Gasteiger partial charge in [0, 0.05) is 17.1 Å². The predicted octanol–water partition coefficient (Wildman–Crippen LogP) is 12.6. The van der Waals surface area contributed by atoms with Gasteiger partial charge in [-0.05, 0) is 107 Å². The molecule has 210 valence electrons. The van der Waals surface area contributed by atoms with Crippen molar-refractivity contribution in [3.05, 3.63) is 176 Å². The van der Waals surface area contributed by atoms with Crippen LogP contribution in [0.4, 0.5) is 17.1 Å². The Hall–Kier alpha value is -5.92. The van der Waals surface area contributed by atoms with Gasteiger partial charge in [-0.25, -0.2) is 0 Å². The van der Waals surface area contributed by atoms with Crippen LogP contribution in [0, 0.1) is 0 Å². The van der Waals surface area contributed by atoms with E-state index < -0.39 is 0 Å². The van der Waals surface area contributed by atoms with Crippen molar-refractivity contribution in [2.24, 2.45) is 0 Å². The van der Waals surface area contributed by atoms with Crippen LogP contribution in [0.25, 0.3) is 65.0 Å². The van der Waals surface area contributed by atoms with Crippen LogP contribution >= 0.6 is 0 Å². The van der Waals surface area contributed by atoms with E-state index in [1.54, 1.807) is 0 Å². The van der Waals surface area contributed by atoms with E-state index >= 15 is 0 Å². The van der Waals surface area contributed by atoms with E-state index in [0.29, 0.717) is 0 Å². The summed E-state index contributed by atoms with van der Waals surface area (Å²) < 4.78 is 0. The molecule has 0 atom stereocenters. The topological polar surface area (TPSA) is 3.24 Å². The van der Waals surface area contributed by atoms with Crippen molar-refractivity contribution in [3.8, 4) is 11.1 Å². The summed E-state index contributed by atoms with van der Waals surface area (Å²) in [6.07, 6.45) is 0. The highest BCUT2D eigenvalue weighted by Crippen LogP contribution is 2.40. The average Bonchev–Trinajstić information content (AvgIpc) is 3.11. The maximum absolute atomic E-state index is 2.40. The van der Waals surface area contributed by atoms with Gasteiger partial charge in [0.15, 0.2) is 0 Å². The van der Waals surface area contributed by atoms with E-state index in [0.717, 1.165) is 17.1 Å². The Balaban J connectivity index is 1.23. The summed E-state index contributed by atoms with van der Waals surface area (Å²) in [5.74, 6) is 0. The number of hydrogen-bond donors (Lipinski definition) is 0. The minimum absolute atomic E-state index is 1.12. The van der Waals surface area contributed by atoms with Gasteiger partial charge in [-0.3, -0.25) is 0 Å². The maximum Gasteiger partial charge on any atom is 0.0468 e. The molecule has 0 amide bonds. The number of fused-ring (bicyclic) bond motifs is 7. The normalized spacial score (nSPS) is 11.6. The number of benzene rings is 9. The fraction of sp³-hybridized carbons (Fsp3) is 0. The Kier molecular flexibility index (Phi) is 5.89. The number of rotatable bonds is 4. The van der Waals surface area contributed by atoms with Gasteiger partial charge >= 0.3 is 0 Å². The lowest BCUT2D eigenvalue weighted by molar-refractivity contribution is 1.30. The van der Waals surface area contributed by atoms with E-state index in [4.69, 9.17) is 0 Å². The highest BCUT2D eigenvalue weighted by Gasteiger charge is 2.16. The smallest absolute Gasteiger partial charge is 0.0468 e. The first-order valence-corrected chi connectivity index (χ1v) is 15.5. The highest BCUT2D eigenvalue weighted by atomic mass is 15.1. The molecule has 0 radical (unpaired) electrons. The highest BCUT2D eigenvalue weighted by molar-refractivity contribution is 6.10. The fourth-order valence-corrected chi connectivity index (χ4v) is 6.88. The van der Waals surface area contributed by atoms with Crippen molar-refractivity contribution in [1.82, 2.24) is 0 Å². The van der Waals surface area contributed by atoms with Crippen LogP contribution in [0.1, 0.15) is 0 Å². The first-order chi connectivity index (χ1) is 22.3. The molecule has 0 heterocycles. The molecule has 0 aromatic heterocycles. The molecule has 0 bridgehead atoms. The van der Waals surface area contributed by atoms with E-state index in [-0.39, 0.29) is 0 Å². The largest absolute Gasteiger partial charge is 0.310 e. The zero-order valence-electron chi connectivity index (χ0n) is 24.7. The first kappa shape index (κ1) is 25.6. The van der Waals surface area contributed by atoms with Crippen LogP contribution < -0.4 is 4.90 Å². The number of hydrogen-bond acceptors (Lipinski definition) is 1. The summed E-state index contributed by atoms with van der Waals surface area (Å²) in [6.45, 7) is 0. The average molecular weight is 572 g/mol. The second-order valence-corrected chi connectivity index (χ2v) is 11.8. The van der Waals surface area contributed by atoms with Gasteiger partial charge in [0.1, 0.15) is 0 Å². The summed E-state index contributed by atoms with van der Waals surface area (Å²) in [6, 6.07) is 64.2. The number of anilines is 3. The SMILES string of the molecule is c1ccc2cc(-c3ccc(N(c4ccc5ccc6ccccc6c5c4)c4ccc5ccc6ccccc6c5c4)cc3)ccc2c1. The van der Waals surface area contributed by atoms with Gasteiger partial charge < -0.3 is 4.90 Å². The molecule has 0 aliphatic heterocycles. The minimum Gasteiger partial charge on any atom is -0.310 e. The quantitative estimate of drug-likeness (QED) is 0.190. The standard InChI is InChI=1S/C44H29N/c1-2-10-36-27-37(18-13-30(36)7-1)31-19-23-38(24-20-31)45(39-25-21-34-16-14-32-8-3-5-11-41(32)43(34)28-39)40-26-22-35-17-15-33-9-4-6-12-42(33)44(35)29-40/h1-29H. The number of nitrogens with zero attached hydrogens (tertiary/aromatic N) is 1. The molecular formula is C44H29N. The van der Waals surface area contributed by atoms with Crippen molar-refractivity contribution in [1.29, 1.82) is 0 Å². The summed E-state index contributed by atoms with van der Waals surface area (Å²) in [7, 11) is 0. The Morgan fingerprint density at radius 2 is 0.644 bits per heavy atom. The zero-order valence-corrected chi connectivity index (χ0v) is 24.7. The van der Waals surface area contributed by atoms with Crippen LogP contribution in [0.3, 0.4) is 0 Å². The molecule has 9 aromatic rings. The third kappa shape index (κ3) is 4.41. The Bertz CT molecular complexity index is 2420. The van der Waals surface area contributed by atoms with E-state index in [1.165, 1.54) is 65.0 Å². The van der Waals surface area contributed by atoms with Crippen molar-refractivity contribution in [2.45, 2.75) is 0 Å². The van der Waals surface area contributed by atoms with Crippen molar-refractivity contribution < 1.29 is 0 Å². The molecule has 0 unspecified atom stereocenters. The molecule has 9 rings (SSSR count). The van der Waals surface area contributed by atoms with Crippen molar-refractivity contribution in [2.75, 3.05) is 4.90 Å². The molecule has 0 aliphatic carbocycles. The molecule has 45 heavy (non-hydrogen) atoms. The molecule has 9 aromatic carbocycles. The van der Waals surface area contributed by atoms with Crippen LogP contribution in [-0.2, 0) is 0 Å². The van der Waals surface area contributed by atoms with E-state index in [1.807, 2.05) is 0 Å². The summed E-state index contributed by atoms with van der Waals surface area (Å²) >= 11 is 0. The van der Waals surface area contributed by atoms with Crippen LogP contribution in [-0.4, -0.2) is 0 Å². The monoisotopic (exact) mass is 571 g/mol. The molecule has 1 heteroatoms. The fourth-order valence-electron chi connectivity index (χ4n) is 6.88. The third-order valence-electron chi connectivity index (χ3n) is 9.19. The van der Waals surface area contributed by atoms with Gasteiger partial charge in [0.25, 0.3) is 0 Å². The van der Waals surface area contributed by atoms with Crippen molar-refractivity contribution in [3.63, 3.8) is 0 Å². The van der Waals surface area contributed by atoms with E-state index in [9.17, 15) is 0 Å². The third-order valence-corrected chi connectivity index (χ3v) is 9.19. The van der Waals surface area contributed by atoms with Gasteiger partial charge in [-0.1, -0.05) is 133 Å². The lowest BCUT2D eigenvalue weighted by Crippen LogP contribution is -2.10. The molecule has 0 spiro atoms. The summed E-state index contributed by atoms with van der Waals surface area (Å²) in [4.78, 5) is 2.40. The molecular weight excluding hydrogens is 542 g/mol.